The molecule has 1 aromatic carbocycles. The van der Waals surface area contributed by atoms with E-state index >= 15 is 0 Å². The van der Waals surface area contributed by atoms with Crippen LogP contribution >= 0.6 is 15.9 Å². The zero-order chi connectivity index (χ0) is 14.1. The van der Waals surface area contributed by atoms with Crippen LogP contribution in [0.3, 0.4) is 0 Å². The minimum Gasteiger partial charge on any atom is -0.496 e. The summed E-state index contributed by atoms with van der Waals surface area (Å²) >= 11 is 3.49. The van der Waals surface area contributed by atoms with Crippen molar-refractivity contribution in [1.29, 1.82) is 0 Å². The molecule has 0 bridgehead atoms. The molecule has 102 valence electrons. The van der Waals surface area contributed by atoms with Gasteiger partial charge in [0, 0.05) is 18.0 Å². The Morgan fingerprint density at radius 3 is 2.60 bits per heavy atom. The first-order valence-corrected chi connectivity index (χ1v) is 6.88. The summed E-state index contributed by atoms with van der Waals surface area (Å²) in [5, 5.41) is 0. The number of methoxy groups -OCH3 is 2. The normalized spacial score (nSPS) is 10.8. The number of ether oxygens (including phenoxy) is 2. The molecule has 2 aromatic heterocycles. The van der Waals surface area contributed by atoms with E-state index in [2.05, 4.69) is 20.9 Å². The smallest absolute Gasteiger partial charge is 0.180 e. The van der Waals surface area contributed by atoms with E-state index in [1.807, 2.05) is 47.1 Å². The van der Waals surface area contributed by atoms with Crippen molar-refractivity contribution in [3.63, 3.8) is 0 Å². The quantitative estimate of drug-likeness (QED) is 0.732. The van der Waals surface area contributed by atoms with Crippen molar-refractivity contribution in [2.75, 3.05) is 14.2 Å². The summed E-state index contributed by atoms with van der Waals surface area (Å²) in [5.74, 6) is 1.56. The minimum atomic E-state index is 0.756. The predicted octanol–water partition coefficient (Wildman–Crippen LogP) is 3.78. The van der Waals surface area contributed by atoms with E-state index in [1.165, 1.54) is 0 Å². The number of halogens is 1. The Bertz CT molecular complexity index is 768. The Morgan fingerprint density at radius 2 is 1.90 bits per heavy atom. The Hall–Kier alpha value is -2.01. The van der Waals surface area contributed by atoms with Gasteiger partial charge >= 0.3 is 0 Å². The fraction of sp³-hybridized carbons (Fsp3) is 0.133. The van der Waals surface area contributed by atoms with Crippen molar-refractivity contribution in [2.24, 2.45) is 0 Å². The molecule has 0 saturated heterocycles. The maximum atomic E-state index is 5.32. The van der Waals surface area contributed by atoms with Gasteiger partial charge in [-0.2, -0.15) is 0 Å². The average molecular weight is 333 g/mol. The molecule has 20 heavy (non-hydrogen) atoms. The van der Waals surface area contributed by atoms with Crippen LogP contribution in [0.4, 0.5) is 0 Å². The van der Waals surface area contributed by atoms with E-state index in [9.17, 15) is 0 Å². The lowest BCUT2D eigenvalue weighted by Crippen LogP contribution is -1.88. The van der Waals surface area contributed by atoms with E-state index < -0.39 is 0 Å². The van der Waals surface area contributed by atoms with Crippen LogP contribution in [-0.4, -0.2) is 23.6 Å². The van der Waals surface area contributed by atoms with Crippen molar-refractivity contribution in [1.82, 2.24) is 9.38 Å². The van der Waals surface area contributed by atoms with E-state index in [-0.39, 0.29) is 0 Å². The number of hydrogen-bond acceptors (Lipinski definition) is 3. The first kappa shape index (κ1) is 13.0. The third-order valence-electron chi connectivity index (χ3n) is 3.11. The van der Waals surface area contributed by atoms with Crippen LogP contribution in [0.15, 0.2) is 47.2 Å². The Balaban J connectivity index is 2.12. The summed E-state index contributed by atoms with van der Waals surface area (Å²) in [6.45, 7) is 0. The maximum Gasteiger partial charge on any atom is 0.180 e. The molecule has 5 heteroatoms. The second-order valence-electron chi connectivity index (χ2n) is 4.28. The topological polar surface area (TPSA) is 35.8 Å². The van der Waals surface area contributed by atoms with Gasteiger partial charge in [-0.1, -0.05) is 0 Å². The first-order chi connectivity index (χ1) is 9.72. The summed E-state index contributed by atoms with van der Waals surface area (Å²) in [7, 11) is 3.29. The van der Waals surface area contributed by atoms with Crippen molar-refractivity contribution in [3.05, 3.63) is 47.2 Å². The number of pyridine rings is 1. The van der Waals surface area contributed by atoms with Crippen molar-refractivity contribution in [3.8, 4) is 22.8 Å². The van der Waals surface area contributed by atoms with Gasteiger partial charge in [0.15, 0.2) is 11.4 Å². The van der Waals surface area contributed by atoms with Crippen molar-refractivity contribution < 1.29 is 9.47 Å². The molecule has 0 unspecified atom stereocenters. The minimum absolute atomic E-state index is 0.756. The molecule has 0 spiro atoms. The molecular weight excluding hydrogens is 320 g/mol. The Morgan fingerprint density at radius 1 is 1.10 bits per heavy atom. The standard InChI is InChI=1S/C15H13BrN2O2/c1-19-13-6-5-10(8-11(13)16)12-9-18-7-3-4-14(20-2)15(18)17-12/h3-9H,1-2H3. The van der Waals surface area contributed by atoms with Crippen LogP contribution in [-0.2, 0) is 0 Å². The fourth-order valence-corrected chi connectivity index (χ4v) is 2.65. The number of benzene rings is 1. The Labute approximate surface area is 125 Å². The highest BCUT2D eigenvalue weighted by molar-refractivity contribution is 9.10. The summed E-state index contributed by atoms with van der Waals surface area (Å²) in [4.78, 5) is 4.63. The van der Waals surface area contributed by atoms with Gasteiger partial charge in [-0.25, -0.2) is 4.98 Å². The monoisotopic (exact) mass is 332 g/mol. The van der Waals surface area contributed by atoms with Gasteiger partial charge < -0.3 is 13.9 Å². The molecular formula is C15H13BrN2O2. The number of imidazole rings is 1. The highest BCUT2D eigenvalue weighted by Crippen LogP contribution is 2.31. The average Bonchev–Trinajstić information content (AvgIpc) is 2.91. The van der Waals surface area contributed by atoms with E-state index in [0.29, 0.717) is 0 Å². The van der Waals surface area contributed by atoms with Crippen LogP contribution in [0, 0.1) is 0 Å². The first-order valence-electron chi connectivity index (χ1n) is 6.08. The molecule has 4 nitrogen and oxygen atoms in total. The summed E-state index contributed by atoms with van der Waals surface area (Å²) in [5.41, 5.74) is 2.71. The molecule has 0 fully saturated rings. The van der Waals surface area contributed by atoms with Gasteiger partial charge in [-0.3, -0.25) is 0 Å². The molecule has 0 aliphatic rings. The fourth-order valence-electron chi connectivity index (χ4n) is 2.11. The molecule has 3 aromatic rings. The van der Waals surface area contributed by atoms with Gasteiger partial charge in [-0.05, 0) is 46.3 Å². The lowest BCUT2D eigenvalue weighted by atomic mass is 10.2. The molecule has 0 atom stereocenters. The van der Waals surface area contributed by atoms with Gasteiger partial charge in [0.05, 0.1) is 24.4 Å². The third kappa shape index (κ3) is 2.14. The van der Waals surface area contributed by atoms with Gasteiger partial charge in [0.25, 0.3) is 0 Å². The van der Waals surface area contributed by atoms with Crippen LogP contribution in [0.25, 0.3) is 16.9 Å². The highest BCUT2D eigenvalue weighted by Gasteiger charge is 2.10. The summed E-state index contributed by atoms with van der Waals surface area (Å²) in [6.07, 6.45) is 3.93. The SMILES string of the molecule is COc1ccc(-c2cn3cccc(OC)c3n2)cc1Br. The van der Waals surface area contributed by atoms with Gasteiger partial charge in [0.2, 0.25) is 0 Å². The van der Waals surface area contributed by atoms with Crippen LogP contribution in [0.2, 0.25) is 0 Å². The lowest BCUT2D eigenvalue weighted by Gasteiger charge is -2.04. The highest BCUT2D eigenvalue weighted by atomic mass is 79.9. The van der Waals surface area contributed by atoms with Crippen LogP contribution in [0.5, 0.6) is 11.5 Å². The number of nitrogens with zero attached hydrogens (tertiary/aromatic N) is 2. The van der Waals surface area contributed by atoms with E-state index in [4.69, 9.17) is 9.47 Å². The molecule has 3 rings (SSSR count). The molecule has 0 radical (unpaired) electrons. The second kappa shape index (κ2) is 5.17. The molecule has 0 aliphatic heterocycles. The zero-order valence-corrected chi connectivity index (χ0v) is 12.7. The Kier molecular flexibility index (Phi) is 3.36. The van der Waals surface area contributed by atoms with E-state index in [0.717, 1.165) is 32.9 Å². The van der Waals surface area contributed by atoms with Crippen molar-refractivity contribution in [2.45, 2.75) is 0 Å². The lowest BCUT2D eigenvalue weighted by molar-refractivity contribution is 0.412. The largest absolute Gasteiger partial charge is 0.496 e. The number of fused-ring (bicyclic) bond motifs is 1. The molecule has 2 heterocycles. The zero-order valence-electron chi connectivity index (χ0n) is 11.1. The molecule has 0 aliphatic carbocycles. The van der Waals surface area contributed by atoms with Crippen LogP contribution < -0.4 is 9.47 Å². The van der Waals surface area contributed by atoms with E-state index in [1.54, 1.807) is 14.2 Å². The second-order valence-corrected chi connectivity index (χ2v) is 5.14. The van der Waals surface area contributed by atoms with Crippen LogP contribution in [0.1, 0.15) is 0 Å². The number of hydrogen-bond donors (Lipinski definition) is 0. The van der Waals surface area contributed by atoms with Gasteiger partial charge in [-0.15, -0.1) is 0 Å². The number of aromatic nitrogens is 2. The maximum absolute atomic E-state index is 5.32. The summed E-state index contributed by atoms with van der Waals surface area (Å²) < 4.78 is 13.4. The number of rotatable bonds is 3. The summed E-state index contributed by atoms with van der Waals surface area (Å²) in [6, 6.07) is 9.73. The predicted molar refractivity (Wildman–Crippen MR) is 81.4 cm³/mol. The molecule has 0 amide bonds. The molecule has 0 N–H and O–H groups in total. The van der Waals surface area contributed by atoms with Gasteiger partial charge in [0.1, 0.15) is 5.75 Å². The molecule has 0 saturated carbocycles. The third-order valence-corrected chi connectivity index (χ3v) is 3.73. The van der Waals surface area contributed by atoms with Crippen molar-refractivity contribution >= 4 is 21.6 Å².